The summed E-state index contributed by atoms with van der Waals surface area (Å²) in [6.45, 7) is 4.69. The van der Waals surface area contributed by atoms with Crippen LogP contribution in [0.15, 0.2) is 42.5 Å². The van der Waals surface area contributed by atoms with Gasteiger partial charge in [0.15, 0.2) is 5.78 Å². The molecule has 1 aliphatic rings. The Morgan fingerprint density at radius 1 is 1.03 bits per heavy atom. The molecule has 3 rings (SSSR count). The SMILES string of the molecule is COc1ccccc1C(=O)NC(C(=O)N1CCC(C(=O)c2ccc(Cl)c(Cl)c2)CC1)C(C)C. The summed E-state index contributed by atoms with van der Waals surface area (Å²) in [6, 6.07) is 11.1. The van der Waals surface area contributed by atoms with E-state index in [2.05, 4.69) is 5.32 Å². The Bertz CT molecular complexity index is 1030. The lowest BCUT2D eigenvalue weighted by molar-refractivity contribution is -0.135. The third kappa shape index (κ3) is 5.87. The molecular formula is C25H28Cl2N2O4. The molecule has 2 aromatic carbocycles. The average molecular weight is 491 g/mol. The van der Waals surface area contributed by atoms with Gasteiger partial charge in [0, 0.05) is 24.6 Å². The number of likely N-dealkylation sites (tertiary alicyclic amines) is 1. The number of hydrogen-bond acceptors (Lipinski definition) is 4. The number of halogens is 2. The monoisotopic (exact) mass is 490 g/mol. The van der Waals surface area contributed by atoms with Crippen LogP contribution in [0, 0.1) is 11.8 Å². The van der Waals surface area contributed by atoms with Gasteiger partial charge in [0.1, 0.15) is 11.8 Å². The fourth-order valence-electron chi connectivity index (χ4n) is 4.01. The molecule has 0 radical (unpaired) electrons. The van der Waals surface area contributed by atoms with Gasteiger partial charge >= 0.3 is 0 Å². The molecule has 1 atom stereocenters. The van der Waals surface area contributed by atoms with Gasteiger partial charge in [-0.15, -0.1) is 0 Å². The number of nitrogens with one attached hydrogen (secondary N) is 1. The van der Waals surface area contributed by atoms with Gasteiger partial charge in [0.2, 0.25) is 5.91 Å². The number of para-hydroxylation sites is 1. The lowest BCUT2D eigenvalue weighted by Gasteiger charge is -2.35. The summed E-state index contributed by atoms with van der Waals surface area (Å²) in [4.78, 5) is 40.7. The lowest BCUT2D eigenvalue weighted by atomic mass is 9.88. The van der Waals surface area contributed by atoms with Crippen molar-refractivity contribution in [3.8, 4) is 5.75 Å². The molecule has 1 aliphatic heterocycles. The van der Waals surface area contributed by atoms with E-state index in [4.69, 9.17) is 27.9 Å². The molecular weight excluding hydrogens is 463 g/mol. The summed E-state index contributed by atoms with van der Waals surface area (Å²) in [5.41, 5.74) is 0.905. The first-order valence-electron chi connectivity index (χ1n) is 10.9. The van der Waals surface area contributed by atoms with Gasteiger partial charge in [-0.05, 0) is 49.1 Å². The second-order valence-electron chi connectivity index (χ2n) is 8.49. The molecule has 0 saturated carbocycles. The van der Waals surface area contributed by atoms with Gasteiger partial charge in [0.05, 0.1) is 22.7 Å². The summed E-state index contributed by atoms with van der Waals surface area (Å²) in [6.07, 6.45) is 1.10. The van der Waals surface area contributed by atoms with Gasteiger partial charge in [-0.1, -0.05) is 49.2 Å². The largest absolute Gasteiger partial charge is 0.496 e. The first-order valence-corrected chi connectivity index (χ1v) is 11.7. The van der Waals surface area contributed by atoms with Crippen LogP contribution in [0.4, 0.5) is 0 Å². The van der Waals surface area contributed by atoms with Crippen molar-refractivity contribution in [1.82, 2.24) is 10.2 Å². The molecule has 2 aromatic rings. The first kappa shape index (κ1) is 25.1. The number of piperidine rings is 1. The molecule has 0 spiro atoms. The van der Waals surface area contributed by atoms with Crippen LogP contribution in [-0.2, 0) is 4.79 Å². The van der Waals surface area contributed by atoms with E-state index in [9.17, 15) is 14.4 Å². The Kier molecular flexibility index (Phi) is 8.38. The molecule has 0 bridgehead atoms. The maximum Gasteiger partial charge on any atom is 0.255 e. The van der Waals surface area contributed by atoms with Crippen LogP contribution in [0.1, 0.15) is 47.4 Å². The minimum absolute atomic E-state index is 0.00514. The molecule has 176 valence electrons. The van der Waals surface area contributed by atoms with E-state index in [1.54, 1.807) is 47.4 Å². The fourth-order valence-corrected chi connectivity index (χ4v) is 4.31. The summed E-state index contributed by atoms with van der Waals surface area (Å²) in [5, 5.41) is 3.63. The molecule has 0 aromatic heterocycles. The fraction of sp³-hybridized carbons (Fsp3) is 0.400. The van der Waals surface area contributed by atoms with E-state index in [-0.39, 0.29) is 29.4 Å². The van der Waals surface area contributed by atoms with E-state index in [0.717, 1.165) is 0 Å². The minimum atomic E-state index is -0.676. The number of nitrogens with zero attached hydrogens (tertiary/aromatic N) is 1. The lowest BCUT2D eigenvalue weighted by Crippen LogP contribution is -2.53. The summed E-state index contributed by atoms with van der Waals surface area (Å²) >= 11 is 12.0. The summed E-state index contributed by atoms with van der Waals surface area (Å²) < 4.78 is 5.27. The van der Waals surface area contributed by atoms with Crippen molar-refractivity contribution in [2.24, 2.45) is 11.8 Å². The molecule has 1 heterocycles. The zero-order valence-corrected chi connectivity index (χ0v) is 20.4. The van der Waals surface area contributed by atoms with E-state index in [0.29, 0.717) is 52.9 Å². The highest BCUT2D eigenvalue weighted by Gasteiger charge is 2.33. The van der Waals surface area contributed by atoms with Crippen molar-refractivity contribution in [2.75, 3.05) is 20.2 Å². The van der Waals surface area contributed by atoms with Crippen molar-refractivity contribution in [1.29, 1.82) is 0 Å². The highest BCUT2D eigenvalue weighted by molar-refractivity contribution is 6.42. The molecule has 6 nitrogen and oxygen atoms in total. The summed E-state index contributed by atoms with van der Waals surface area (Å²) in [7, 11) is 1.50. The Hall–Kier alpha value is -2.57. The van der Waals surface area contributed by atoms with Gasteiger partial charge in [0.25, 0.3) is 5.91 Å². The molecule has 8 heteroatoms. The van der Waals surface area contributed by atoms with E-state index >= 15 is 0 Å². The zero-order chi connectivity index (χ0) is 24.1. The highest BCUT2D eigenvalue weighted by Crippen LogP contribution is 2.27. The topological polar surface area (TPSA) is 75.7 Å². The number of Topliss-reactive ketones (excluding diaryl/α,β-unsaturated/α-hetero) is 1. The van der Waals surface area contributed by atoms with Gasteiger partial charge in [-0.25, -0.2) is 0 Å². The Morgan fingerprint density at radius 3 is 2.30 bits per heavy atom. The number of amides is 2. The number of carbonyl (C=O) groups excluding carboxylic acids is 3. The second-order valence-corrected chi connectivity index (χ2v) is 9.30. The third-order valence-electron chi connectivity index (χ3n) is 5.95. The van der Waals surface area contributed by atoms with Crippen molar-refractivity contribution < 1.29 is 19.1 Å². The van der Waals surface area contributed by atoms with Gasteiger partial charge in [-0.2, -0.15) is 0 Å². The maximum atomic E-state index is 13.3. The number of rotatable bonds is 7. The number of benzene rings is 2. The van der Waals surface area contributed by atoms with Crippen LogP contribution in [0.2, 0.25) is 10.0 Å². The van der Waals surface area contributed by atoms with E-state index in [1.165, 1.54) is 7.11 Å². The quantitative estimate of drug-likeness (QED) is 0.561. The molecule has 2 amide bonds. The standard InChI is InChI=1S/C25H28Cl2N2O4/c1-15(2)22(28-24(31)18-6-4-5-7-21(18)33-3)25(32)29-12-10-16(11-13-29)23(30)17-8-9-19(26)20(27)14-17/h4-9,14-16,22H,10-13H2,1-3H3,(H,28,31). The van der Waals surface area contributed by atoms with Crippen LogP contribution in [0.25, 0.3) is 0 Å². The number of hydrogen-bond donors (Lipinski definition) is 1. The number of ether oxygens (including phenoxy) is 1. The zero-order valence-electron chi connectivity index (χ0n) is 18.9. The Labute approximate surface area is 204 Å². The molecule has 1 fully saturated rings. The predicted molar refractivity (Wildman–Crippen MR) is 129 cm³/mol. The van der Waals surface area contributed by atoms with Crippen molar-refractivity contribution >= 4 is 40.8 Å². The van der Waals surface area contributed by atoms with Crippen LogP contribution >= 0.6 is 23.2 Å². The normalized spacial score (nSPS) is 15.3. The van der Waals surface area contributed by atoms with Crippen molar-refractivity contribution in [3.63, 3.8) is 0 Å². The molecule has 1 unspecified atom stereocenters. The number of ketones is 1. The molecule has 1 saturated heterocycles. The van der Waals surface area contributed by atoms with Gasteiger partial charge < -0.3 is 15.0 Å². The smallest absolute Gasteiger partial charge is 0.255 e. The van der Waals surface area contributed by atoms with Crippen molar-refractivity contribution in [2.45, 2.75) is 32.7 Å². The average Bonchev–Trinajstić information content (AvgIpc) is 2.83. The van der Waals surface area contributed by atoms with E-state index in [1.807, 2.05) is 13.8 Å². The predicted octanol–water partition coefficient (Wildman–Crippen LogP) is 4.88. The van der Waals surface area contributed by atoms with Crippen LogP contribution in [0.5, 0.6) is 5.75 Å². The molecule has 1 N–H and O–H groups in total. The first-order chi connectivity index (χ1) is 15.7. The maximum absolute atomic E-state index is 13.3. The third-order valence-corrected chi connectivity index (χ3v) is 6.69. The number of methoxy groups -OCH3 is 1. The molecule has 0 aliphatic carbocycles. The Morgan fingerprint density at radius 2 is 1.70 bits per heavy atom. The van der Waals surface area contributed by atoms with Crippen LogP contribution in [-0.4, -0.2) is 48.7 Å². The minimum Gasteiger partial charge on any atom is -0.496 e. The van der Waals surface area contributed by atoms with Crippen molar-refractivity contribution in [3.05, 3.63) is 63.6 Å². The highest BCUT2D eigenvalue weighted by atomic mass is 35.5. The van der Waals surface area contributed by atoms with Gasteiger partial charge in [-0.3, -0.25) is 14.4 Å². The summed E-state index contributed by atoms with van der Waals surface area (Å²) in [5.74, 6) is -0.339. The van der Waals surface area contributed by atoms with Crippen LogP contribution < -0.4 is 10.1 Å². The molecule has 33 heavy (non-hydrogen) atoms. The Balaban J connectivity index is 1.64. The number of carbonyl (C=O) groups is 3. The second kappa shape index (κ2) is 11.0. The van der Waals surface area contributed by atoms with Crippen LogP contribution in [0.3, 0.4) is 0 Å². The van der Waals surface area contributed by atoms with E-state index < -0.39 is 6.04 Å².